The van der Waals surface area contributed by atoms with Crippen LogP contribution in [0.15, 0.2) is 47.4 Å². The third-order valence-corrected chi connectivity index (χ3v) is 10.6. The second kappa shape index (κ2) is 15.9. The summed E-state index contributed by atoms with van der Waals surface area (Å²) in [5.41, 5.74) is 4.08. The van der Waals surface area contributed by atoms with Crippen LogP contribution in [0.2, 0.25) is 0 Å². The second-order valence-corrected chi connectivity index (χ2v) is 15.8. The second-order valence-electron chi connectivity index (χ2n) is 15.8. The molecule has 3 aromatic rings. The van der Waals surface area contributed by atoms with Gasteiger partial charge in [-0.25, -0.2) is 13.2 Å². The van der Waals surface area contributed by atoms with E-state index < -0.39 is 53.6 Å². The third-order valence-electron chi connectivity index (χ3n) is 10.6. The number of rotatable bonds is 14. The number of hydrogen-bond donors (Lipinski definition) is 3. The SMILES string of the molecule is Cc1cc(C)c(-c2cc(C)c(F)c([C@H](CC(=O)O)NC(=O)C[C@H](CC(C)C)NC(=O)c3cccn(CCN4CCC5(C4)CC(F)(F)C5)c3=O)c2)c(C)c1. The van der Waals surface area contributed by atoms with Crippen molar-refractivity contribution < 1.29 is 32.7 Å². The van der Waals surface area contributed by atoms with E-state index in [2.05, 4.69) is 15.5 Å². The maximum Gasteiger partial charge on any atom is 0.305 e. The molecule has 1 saturated heterocycles. The van der Waals surface area contributed by atoms with Crippen molar-refractivity contribution in [1.29, 1.82) is 0 Å². The number of carboxylic acids is 1. The van der Waals surface area contributed by atoms with Gasteiger partial charge in [-0.05, 0) is 110 Å². The minimum absolute atomic E-state index is 0.0486. The summed E-state index contributed by atoms with van der Waals surface area (Å²) in [7, 11) is 0. The highest BCUT2D eigenvalue weighted by Gasteiger charge is 2.58. The van der Waals surface area contributed by atoms with E-state index in [4.69, 9.17) is 0 Å². The number of halogens is 3. The zero-order valence-corrected chi connectivity index (χ0v) is 31.5. The van der Waals surface area contributed by atoms with E-state index in [0.29, 0.717) is 43.6 Å². The number of carboxylic acid groups (broad SMARTS) is 1. The minimum atomic E-state index is -2.59. The van der Waals surface area contributed by atoms with Gasteiger partial charge in [-0.3, -0.25) is 19.2 Å². The van der Waals surface area contributed by atoms with Crippen molar-refractivity contribution in [2.75, 3.05) is 19.6 Å². The molecule has 1 aliphatic heterocycles. The highest BCUT2D eigenvalue weighted by Crippen LogP contribution is 2.56. The zero-order chi connectivity index (χ0) is 38.8. The summed E-state index contributed by atoms with van der Waals surface area (Å²) in [6, 6.07) is 8.48. The average molecular weight is 737 g/mol. The molecule has 9 nitrogen and oxygen atoms in total. The standard InChI is InChI=1S/C41H51F3N4O5/c1-24(2)14-30(45-38(52)31-8-7-10-48(39(31)53)13-12-47-11-9-40(23-47)21-41(43,44)22-40)19-34(49)46-33(20-35(50)51)32-18-29(17-28(6)37(32)42)36-26(4)15-25(3)16-27(36)5/h7-8,10,15-18,24,30,33H,9,11-14,19-23H2,1-6H3,(H,45,52)(H,46,49)(H,50,51)/t30-,33-/m0/s1. The highest BCUT2D eigenvalue weighted by molar-refractivity contribution is 5.94. The molecule has 53 heavy (non-hydrogen) atoms. The summed E-state index contributed by atoms with van der Waals surface area (Å²) in [5.74, 6) is -5.60. The molecule has 0 radical (unpaired) electrons. The Balaban J connectivity index is 1.29. The number of aromatic nitrogens is 1. The van der Waals surface area contributed by atoms with Gasteiger partial charge < -0.3 is 25.2 Å². The number of aryl methyl sites for hydroxylation is 4. The van der Waals surface area contributed by atoms with Gasteiger partial charge in [-0.2, -0.15) is 0 Å². The first-order valence-corrected chi connectivity index (χ1v) is 18.4. The van der Waals surface area contributed by atoms with E-state index in [1.165, 1.54) is 10.6 Å². The van der Waals surface area contributed by atoms with Crippen molar-refractivity contribution in [1.82, 2.24) is 20.1 Å². The molecule has 1 aromatic heterocycles. The van der Waals surface area contributed by atoms with Gasteiger partial charge in [-0.15, -0.1) is 0 Å². The zero-order valence-electron chi connectivity index (χ0n) is 31.5. The van der Waals surface area contributed by atoms with Crippen LogP contribution in [0.25, 0.3) is 11.1 Å². The molecule has 2 atom stereocenters. The summed E-state index contributed by atoms with van der Waals surface area (Å²) >= 11 is 0. The van der Waals surface area contributed by atoms with Gasteiger partial charge >= 0.3 is 5.97 Å². The Bertz CT molecular complexity index is 1910. The molecule has 0 unspecified atom stereocenters. The third kappa shape index (κ3) is 9.57. The lowest BCUT2D eigenvalue weighted by molar-refractivity contribution is -0.155. The Labute approximate surface area is 309 Å². The Hall–Kier alpha value is -4.45. The van der Waals surface area contributed by atoms with Crippen LogP contribution in [-0.2, 0) is 16.1 Å². The van der Waals surface area contributed by atoms with Crippen LogP contribution in [0.4, 0.5) is 13.2 Å². The molecule has 2 amide bonds. The molecule has 1 spiro atoms. The maximum atomic E-state index is 15.7. The molecular weight excluding hydrogens is 685 g/mol. The number of likely N-dealkylation sites (tertiary alicyclic amines) is 1. The van der Waals surface area contributed by atoms with Crippen LogP contribution in [0.1, 0.15) is 96.6 Å². The maximum absolute atomic E-state index is 15.7. The first-order valence-electron chi connectivity index (χ1n) is 18.4. The van der Waals surface area contributed by atoms with Gasteiger partial charge in [0, 0.05) is 56.7 Å². The number of carbonyl (C=O) groups excluding carboxylic acids is 2. The van der Waals surface area contributed by atoms with Crippen molar-refractivity contribution >= 4 is 17.8 Å². The molecule has 2 aliphatic rings. The highest BCUT2D eigenvalue weighted by atomic mass is 19.3. The van der Waals surface area contributed by atoms with Gasteiger partial charge in [0.25, 0.3) is 11.5 Å². The molecule has 12 heteroatoms. The van der Waals surface area contributed by atoms with Gasteiger partial charge in [0.05, 0.1) is 12.5 Å². The summed E-state index contributed by atoms with van der Waals surface area (Å²) < 4.78 is 44.3. The molecule has 5 rings (SSSR count). The number of nitrogens with zero attached hydrogens (tertiary/aromatic N) is 2. The Kier molecular flexibility index (Phi) is 11.9. The van der Waals surface area contributed by atoms with E-state index in [1.54, 1.807) is 31.3 Å². The topological polar surface area (TPSA) is 121 Å². The number of amides is 2. The average Bonchev–Trinajstić information content (AvgIpc) is 3.43. The first-order chi connectivity index (χ1) is 24.8. The van der Waals surface area contributed by atoms with Crippen LogP contribution in [-0.4, -0.2) is 64.0 Å². The van der Waals surface area contributed by atoms with Crippen molar-refractivity contribution in [3.05, 3.63) is 92.1 Å². The van der Waals surface area contributed by atoms with Crippen LogP contribution in [0.5, 0.6) is 0 Å². The molecule has 2 heterocycles. The lowest BCUT2D eigenvalue weighted by Gasteiger charge is -2.44. The molecule has 2 aromatic carbocycles. The fourth-order valence-corrected chi connectivity index (χ4v) is 8.43. The van der Waals surface area contributed by atoms with Gasteiger partial charge in [0.1, 0.15) is 11.4 Å². The van der Waals surface area contributed by atoms with Crippen LogP contribution < -0.4 is 16.2 Å². The number of benzene rings is 2. The predicted molar refractivity (Wildman–Crippen MR) is 198 cm³/mol. The Morgan fingerprint density at radius 1 is 0.943 bits per heavy atom. The molecule has 1 aliphatic carbocycles. The van der Waals surface area contributed by atoms with Crippen molar-refractivity contribution in [3.8, 4) is 11.1 Å². The quantitative estimate of drug-likeness (QED) is 0.166. The minimum Gasteiger partial charge on any atom is -0.481 e. The van der Waals surface area contributed by atoms with Crippen LogP contribution in [0.3, 0.4) is 0 Å². The van der Waals surface area contributed by atoms with Gasteiger partial charge in [0.2, 0.25) is 11.8 Å². The van der Waals surface area contributed by atoms with Gasteiger partial charge in [-0.1, -0.05) is 31.5 Å². The predicted octanol–water partition coefficient (Wildman–Crippen LogP) is 6.88. The number of carbonyl (C=O) groups is 3. The first kappa shape index (κ1) is 39.8. The summed E-state index contributed by atoms with van der Waals surface area (Å²) in [4.78, 5) is 54.5. The summed E-state index contributed by atoms with van der Waals surface area (Å²) in [5, 5.41) is 15.3. The van der Waals surface area contributed by atoms with Crippen LogP contribution >= 0.6 is 0 Å². The molecule has 1 saturated carbocycles. The van der Waals surface area contributed by atoms with E-state index >= 15 is 4.39 Å². The molecule has 2 fully saturated rings. The Morgan fingerprint density at radius 3 is 2.25 bits per heavy atom. The van der Waals surface area contributed by atoms with E-state index in [1.807, 2.05) is 46.8 Å². The molecule has 286 valence electrons. The summed E-state index contributed by atoms with van der Waals surface area (Å²) in [6.45, 7) is 13.4. The number of hydrogen-bond acceptors (Lipinski definition) is 5. The van der Waals surface area contributed by atoms with Crippen molar-refractivity contribution in [3.63, 3.8) is 0 Å². The lowest BCUT2D eigenvalue weighted by atomic mass is 9.65. The fourth-order valence-electron chi connectivity index (χ4n) is 8.43. The molecular formula is C41H51F3N4O5. The largest absolute Gasteiger partial charge is 0.481 e. The smallest absolute Gasteiger partial charge is 0.305 e. The number of nitrogens with one attached hydrogen (secondary N) is 2. The molecule has 0 bridgehead atoms. The van der Waals surface area contributed by atoms with E-state index in [-0.39, 0.29) is 48.3 Å². The van der Waals surface area contributed by atoms with E-state index in [9.17, 15) is 33.1 Å². The van der Waals surface area contributed by atoms with Crippen LogP contribution in [0, 0.1) is 44.8 Å². The number of pyridine rings is 1. The number of aliphatic carboxylic acids is 1. The number of alkyl halides is 2. The lowest BCUT2D eigenvalue weighted by Crippen LogP contribution is -2.47. The normalized spacial score (nSPS) is 17.4. The summed E-state index contributed by atoms with van der Waals surface area (Å²) in [6.07, 6.45) is 1.68. The van der Waals surface area contributed by atoms with Crippen molar-refractivity contribution in [2.45, 2.75) is 105 Å². The van der Waals surface area contributed by atoms with E-state index in [0.717, 1.165) is 22.3 Å². The van der Waals surface area contributed by atoms with Crippen molar-refractivity contribution in [2.24, 2.45) is 11.3 Å². The van der Waals surface area contributed by atoms with Gasteiger partial charge in [0.15, 0.2) is 0 Å². The molecule has 3 N–H and O–H groups in total. The Morgan fingerprint density at radius 2 is 1.62 bits per heavy atom. The fraction of sp³-hybridized carbons (Fsp3) is 0.512. The monoisotopic (exact) mass is 736 g/mol.